The molecule has 4 heteroatoms. The third kappa shape index (κ3) is 3.50. The van der Waals surface area contributed by atoms with Gasteiger partial charge in [0.15, 0.2) is 0 Å². The lowest BCUT2D eigenvalue weighted by Gasteiger charge is -2.15. The molecule has 0 saturated heterocycles. The molecule has 1 aromatic carbocycles. The second kappa shape index (κ2) is 6.85. The number of ether oxygens (including phenoxy) is 1. The molecule has 0 unspecified atom stereocenters. The van der Waals surface area contributed by atoms with E-state index in [1.807, 2.05) is 36.4 Å². The quantitative estimate of drug-likeness (QED) is 0.857. The van der Waals surface area contributed by atoms with E-state index in [-0.39, 0.29) is 5.56 Å². The molecule has 2 rings (SSSR count). The number of hydrogen-bond acceptors (Lipinski definition) is 3. The van der Waals surface area contributed by atoms with Gasteiger partial charge in [-0.05, 0) is 24.1 Å². The van der Waals surface area contributed by atoms with E-state index in [1.54, 1.807) is 11.6 Å². The van der Waals surface area contributed by atoms with E-state index in [0.717, 1.165) is 17.0 Å². The molecule has 112 valence electrons. The number of pyridine rings is 1. The molecule has 21 heavy (non-hydrogen) atoms. The summed E-state index contributed by atoms with van der Waals surface area (Å²) in [7, 11) is 1.78. The largest absolute Gasteiger partial charge is 0.493 e. The average Bonchev–Trinajstić information content (AvgIpc) is 2.48. The minimum Gasteiger partial charge on any atom is -0.493 e. The predicted molar refractivity (Wildman–Crippen MR) is 90.1 cm³/mol. The Morgan fingerprint density at radius 1 is 1.19 bits per heavy atom. The Morgan fingerprint density at radius 2 is 1.90 bits per heavy atom. The Balaban J connectivity index is 2.47. The van der Waals surface area contributed by atoms with Gasteiger partial charge in [-0.1, -0.05) is 32.0 Å². The van der Waals surface area contributed by atoms with Crippen molar-refractivity contribution in [2.75, 3.05) is 6.61 Å². The van der Waals surface area contributed by atoms with Crippen molar-refractivity contribution in [3.05, 3.63) is 52.3 Å². The zero-order valence-electron chi connectivity index (χ0n) is 12.7. The van der Waals surface area contributed by atoms with Gasteiger partial charge in [0.25, 0.3) is 5.56 Å². The summed E-state index contributed by atoms with van der Waals surface area (Å²) in [4.78, 5) is 12.2. The number of benzene rings is 1. The highest BCUT2D eigenvalue weighted by Crippen LogP contribution is 2.29. The molecule has 3 nitrogen and oxygen atoms in total. The minimum atomic E-state index is -0.0128. The number of para-hydroxylation sites is 1. The summed E-state index contributed by atoms with van der Waals surface area (Å²) in [6.45, 7) is 4.87. The van der Waals surface area contributed by atoms with Gasteiger partial charge in [-0.15, -0.1) is 0 Å². The number of thiol groups is 1. The molecule has 0 fully saturated rings. The van der Waals surface area contributed by atoms with E-state index in [0.29, 0.717) is 23.8 Å². The van der Waals surface area contributed by atoms with Crippen molar-refractivity contribution in [3.63, 3.8) is 0 Å². The van der Waals surface area contributed by atoms with Gasteiger partial charge in [0, 0.05) is 23.9 Å². The molecule has 0 radical (unpaired) electrons. The molecule has 1 aromatic heterocycles. The molecule has 0 atom stereocenters. The first-order valence-corrected chi connectivity index (χ1v) is 7.69. The lowest BCUT2D eigenvalue weighted by molar-refractivity contribution is 0.272. The van der Waals surface area contributed by atoms with Crippen molar-refractivity contribution < 1.29 is 4.74 Å². The highest BCUT2D eigenvalue weighted by Gasteiger charge is 2.11. The molecule has 0 aliphatic rings. The Labute approximate surface area is 131 Å². The van der Waals surface area contributed by atoms with Crippen LogP contribution < -0.4 is 10.3 Å². The lowest BCUT2D eigenvalue weighted by atomic mass is 10.1. The van der Waals surface area contributed by atoms with Crippen LogP contribution in [0.25, 0.3) is 11.3 Å². The number of nitrogens with zero attached hydrogens (tertiary/aromatic N) is 1. The smallest absolute Gasteiger partial charge is 0.254 e. The summed E-state index contributed by atoms with van der Waals surface area (Å²) in [5, 5.41) is 0. The van der Waals surface area contributed by atoms with Crippen molar-refractivity contribution in [2.45, 2.75) is 19.6 Å². The number of aromatic nitrogens is 1. The summed E-state index contributed by atoms with van der Waals surface area (Å²) in [6.07, 6.45) is 0. The van der Waals surface area contributed by atoms with Crippen molar-refractivity contribution in [2.24, 2.45) is 13.0 Å². The van der Waals surface area contributed by atoms with Crippen LogP contribution in [0.2, 0.25) is 0 Å². The molecule has 0 spiro atoms. The van der Waals surface area contributed by atoms with E-state index in [9.17, 15) is 4.79 Å². The minimum absolute atomic E-state index is 0.0128. The summed E-state index contributed by atoms with van der Waals surface area (Å²) < 4.78 is 7.53. The molecule has 0 aliphatic heterocycles. The average molecular weight is 303 g/mol. The SMILES string of the molecule is CC(C)COc1ccccc1-c1ccc(CS)c(=O)n1C. The van der Waals surface area contributed by atoms with Gasteiger partial charge >= 0.3 is 0 Å². The zero-order chi connectivity index (χ0) is 15.4. The van der Waals surface area contributed by atoms with Gasteiger partial charge in [-0.2, -0.15) is 12.6 Å². The van der Waals surface area contributed by atoms with Crippen molar-refractivity contribution in [1.29, 1.82) is 0 Å². The van der Waals surface area contributed by atoms with E-state index in [2.05, 4.69) is 26.5 Å². The summed E-state index contributed by atoms with van der Waals surface area (Å²) >= 11 is 4.19. The normalized spacial score (nSPS) is 10.9. The molecular weight excluding hydrogens is 282 g/mol. The summed E-state index contributed by atoms with van der Waals surface area (Å²) in [6, 6.07) is 11.6. The maximum absolute atomic E-state index is 12.2. The topological polar surface area (TPSA) is 31.2 Å². The molecule has 0 N–H and O–H groups in total. The third-order valence-electron chi connectivity index (χ3n) is 3.29. The van der Waals surface area contributed by atoms with Crippen LogP contribution in [-0.4, -0.2) is 11.2 Å². The molecule has 2 aromatic rings. The van der Waals surface area contributed by atoms with Crippen LogP contribution in [0.15, 0.2) is 41.2 Å². The van der Waals surface area contributed by atoms with E-state index < -0.39 is 0 Å². The van der Waals surface area contributed by atoms with Crippen LogP contribution in [0.1, 0.15) is 19.4 Å². The highest BCUT2D eigenvalue weighted by molar-refractivity contribution is 7.79. The van der Waals surface area contributed by atoms with Gasteiger partial charge in [0.2, 0.25) is 0 Å². The lowest BCUT2D eigenvalue weighted by Crippen LogP contribution is -2.21. The Hall–Kier alpha value is -1.68. The number of rotatable bonds is 5. The molecule has 0 amide bonds. The van der Waals surface area contributed by atoms with E-state index in [4.69, 9.17) is 4.74 Å². The van der Waals surface area contributed by atoms with Crippen LogP contribution in [0.4, 0.5) is 0 Å². The predicted octanol–water partition coefficient (Wildman–Crippen LogP) is 3.52. The first-order valence-electron chi connectivity index (χ1n) is 7.06. The molecule has 0 bridgehead atoms. The molecule has 1 heterocycles. The van der Waals surface area contributed by atoms with Crippen molar-refractivity contribution in [1.82, 2.24) is 4.57 Å². The fraction of sp³-hybridized carbons (Fsp3) is 0.353. The summed E-state index contributed by atoms with van der Waals surface area (Å²) in [5.41, 5.74) is 2.47. The number of hydrogen-bond donors (Lipinski definition) is 1. The molecule has 0 saturated carbocycles. The second-order valence-electron chi connectivity index (χ2n) is 5.47. The highest BCUT2D eigenvalue weighted by atomic mass is 32.1. The van der Waals surface area contributed by atoms with E-state index in [1.165, 1.54) is 0 Å². The fourth-order valence-electron chi connectivity index (χ4n) is 2.14. The van der Waals surface area contributed by atoms with Crippen LogP contribution >= 0.6 is 12.6 Å². The molecule has 0 aliphatic carbocycles. The monoisotopic (exact) mass is 303 g/mol. The van der Waals surface area contributed by atoms with Crippen LogP contribution in [0.5, 0.6) is 5.75 Å². The third-order valence-corrected chi connectivity index (χ3v) is 3.63. The standard InChI is InChI=1S/C17H21NO2S/c1-12(2)10-20-16-7-5-4-6-14(16)15-9-8-13(11-21)17(19)18(15)3/h4-9,12,21H,10-11H2,1-3H3. The van der Waals surface area contributed by atoms with Gasteiger partial charge in [0.1, 0.15) is 5.75 Å². The van der Waals surface area contributed by atoms with Gasteiger partial charge < -0.3 is 9.30 Å². The van der Waals surface area contributed by atoms with Crippen LogP contribution in [-0.2, 0) is 12.8 Å². The maximum Gasteiger partial charge on any atom is 0.254 e. The van der Waals surface area contributed by atoms with E-state index >= 15 is 0 Å². The van der Waals surface area contributed by atoms with Gasteiger partial charge in [0.05, 0.1) is 12.3 Å². The second-order valence-corrected chi connectivity index (χ2v) is 5.78. The zero-order valence-corrected chi connectivity index (χ0v) is 13.6. The first-order chi connectivity index (χ1) is 10.0. The fourth-order valence-corrected chi connectivity index (χ4v) is 2.38. The molecular formula is C17H21NO2S. The van der Waals surface area contributed by atoms with Crippen molar-refractivity contribution >= 4 is 12.6 Å². The Kier molecular flexibility index (Phi) is 5.12. The van der Waals surface area contributed by atoms with Gasteiger partial charge in [-0.25, -0.2) is 0 Å². The van der Waals surface area contributed by atoms with Crippen molar-refractivity contribution in [3.8, 4) is 17.0 Å². The summed E-state index contributed by atoms with van der Waals surface area (Å²) in [5.74, 6) is 1.70. The Morgan fingerprint density at radius 3 is 2.57 bits per heavy atom. The van der Waals surface area contributed by atoms with Crippen LogP contribution in [0, 0.1) is 5.92 Å². The Bertz CT molecular complexity index is 677. The van der Waals surface area contributed by atoms with Gasteiger partial charge in [-0.3, -0.25) is 4.79 Å². The van der Waals surface area contributed by atoms with Crippen LogP contribution in [0.3, 0.4) is 0 Å². The first kappa shape index (κ1) is 15.7. The maximum atomic E-state index is 12.2.